The van der Waals surface area contributed by atoms with Gasteiger partial charge in [0, 0.05) is 95.9 Å². The zero-order valence-corrected chi connectivity index (χ0v) is 55.4. The molecule has 430 valence electrons. The molecule has 0 spiro atoms. The highest BCUT2D eigenvalue weighted by Crippen LogP contribution is 2.43. The summed E-state index contributed by atoms with van der Waals surface area (Å²) in [6, 6.07) is 59.4. The molecule has 0 amide bonds. The first-order valence-corrected chi connectivity index (χ1v) is 29.9. The summed E-state index contributed by atoms with van der Waals surface area (Å²) in [5, 5.41) is 0. The molecule has 0 aliphatic rings. The third kappa shape index (κ3) is 19.9. The van der Waals surface area contributed by atoms with Crippen molar-refractivity contribution >= 4 is 0 Å². The van der Waals surface area contributed by atoms with E-state index >= 15 is 0 Å². The van der Waals surface area contributed by atoms with Crippen LogP contribution in [0.3, 0.4) is 0 Å². The number of hydrogen-bond donors (Lipinski definition) is 0. The monoisotopic (exact) mass is 1350 g/mol. The molecule has 9 aromatic rings. The maximum absolute atomic E-state index is 2.61. The fourth-order valence-corrected chi connectivity index (χ4v) is 11.4. The number of hydrogen-bond acceptors (Lipinski definition) is 0. The summed E-state index contributed by atoms with van der Waals surface area (Å²) in [5.74, 6) is 0. The molecule has 0 aliphatic heterocycles. The molecule has 4 heterocycles. The Balaban J connectivity index is 0.00000308. The van der Waals surface area contributed by atoms with E-state index in [9.17, 15) is 0 Å². The van der Waals surface area contributed by atoms with Crippen molar-refractivity contribution in [2.24, 2.45) is 0 Å². The molecule has 0 N–H and O–H groups in total. The van der Waals surface area contributed by atoms with Crippen molar-refractivity contribution in [3.63, 3.8) is 0 Å². The van der Waals surface area contributed by atoms with Crippen LogP contribution in [0, 0.1) is 0 Å². The summed E-state index contributed by atoms with van der Waals surface area (Å²) < 4.78 is 10.0. The van der Waals surface area contributed by atoms with Crippen molar-refractivity contribution in [2.45, 2.75) is 157 Å². The highest BCUT2D eigenvalue weighted by molar-refractivity contribution is 5.94. The Morgan fingerprint density at radius 3 is 0.634 bits per heavy atom. The molecule has 8 heteroatoms. The molecule has 0 saturated carbocycles. The zero-order chi connectivity index (χ0) is 53.7. The van der Waals surface area contributed by atoms with Crippen molar-refractivity contribution in [2.75, 3.05) is 0 Å². The van der Waals surface area contributed by atoms with Crippen LogP contribution in [0.4, 0.5) is 0 Å². The molecule has 5 aromatic carbocycles. The fourth-order valence-electron chi connectivity index (χ4n) is 11.4. The van der Waals surface area contributed by atoms with E-state index in [1.165, 1.54) is 140 Å². The van der Waals surface area contributed by atoms with Gasteiger partial charge in [0.05, 0.1) is 0 Å². The highest BCUT2D eigenvalue weighted by Gasteiger charge is 2.25. The lowest BCUT2D eigenvalue weighted by molar-refractivity contribution is -0.697. The largest absolute Gasteiger partial charge is 1.00 e. The third-order valence-corrected chi connectivity index (χ3v) is 15.4. The number of pyridine rings is 4. The van der Waals surface area contributed by atoms with Gasteiger partial charge in [-0.2, -0.15) is 0 Å². The number of benzene rings is 5. The molecule has 4 aromatic heterocycles. The predicted molar refractivity (Wildman–Crippen MR) is 324 cm³/mol. The number of halogens is 4. The molecule has 0 saturated heterocycles. The summed E-state index contributed by atoms with van der Waals surface area (Å²) in [5.41, 5.74) is 20.8. The summed E-state index contributed by atoms with van der Waals surface area (Å²) in [7, 11) is 0. The standard InChI is InChI=1S/C74H86N4.4BrH/c1-5-9-25-37-75-51-63(41-59-29-17-13-18-30-59)45-67(55-75)71-49-73(69-47-65(43-61-33-21-15-22-34-61)53-77(57-69)39-27-11-7-3)74(70-48-66(44-62-35-23-16-24-36-62)54-78(58-70)40-28-12-8-4)50-72(71)68-46-64(42-60-31-19-14-20-32-60)52-76(56-68)38-26-10-6-2;;;;/h13-24,29-36,45-58H,5-12,25-28,37-44H2,1-4H3;4*1H/q+4;;;;/p-4. The molecule has 0 radical (unpaired) electrons. The van der Waals surface area contributed by atoms with Gasteiger partial charge in [-0.1, -0.05) is 175 Å². The minimum Gasteiger partial charge on any atom is -1.00 e. The molecule has 0 aliphatic carbocycles. The summed E-state index contributed by atoms with van der Waals surface area (Å²) in [6.45, 7) is 13.2. The molecular formula is C74H86Br4N4. The second-order valence-corrected chi connectivity index (χ2v) is 22.1. The van der Waals surface area contributed by atoms with E-state index in [0.717, 1.165) is 77.5 Å². The molecule has 4 nitrogen and oxygen atoms in total. The van der Waals surface area contributed by atoms with E-state index in [2.05, 4.69) is 253 Å². The predicted octanol–water partition coefficient (Wildman–Crippen LogP) is 4.64. The van der Waals surface area contributed by atoms with Crippen LogP contribution in [0.5, 0.6) is 0 Å². The van der Waals surface area contributed by atoms with Crippen molar-refractivity contribution < 1.29 is 86.2 Å². The molecule has 82 heavy (non-hydrogen) atoms. The number of nitrogens with zero attached hydrogens (tertiary/aromatic N) is 4. The van der Waals surface area contributed by atoms with E-state index < -0.39 is 0 Å². The molecule has 0 bridgehead atoms. The van der Waals surface area contributed by atoms with Crippen LogP contribution in [0.15, 0.2) is 207 Å². The van der Waals surface area contributed by atoms with Crippen LogP contribution in [0.25, 0.3) is 44.5 Å². The van der Waals surface area contributed by atoms with Gasteiger partial charge in [0.25, 0.3) is 0 Å². The first kappa shape index (κ1) is 67.4. The number of unbranched alkanes of at least 4 members (excludes halogenated alkanes) is 8. The molecule has 9 rings (SSSR count). The topological polar surface area (TPSA) is 15.5 Å². The fraction of sp³-hybridized carbons (Fsp3) is 0.324. The van der Waals surface area contributed by atoms with Gasteiger partial charge in [0.15, 0.2) is 49.6 Å². The van der Waals surface area contributed by atoms with E-state index in [-0.39, 0.29) is 67.9 Å². The molecule has 0 fully saturated rings. The van der Waals surface area contributed by atoms with Crippen molar-refractivity contribution in [1.29, 1.82) is 0 Å². The maximum Gasteiger partial charge on any atom is 0.176 e. The quantitative estimate of drug-likeness (QED) is 0.0503. The van der Waals surface area contributed by atoms with E-state index in [1.807, 2.05) is 0 Å². The van der Waals surface area contributed by atoms with Crippen LogP contribution >= 0.6 is 0 Å². The van der Waals surface area contributed by atoms with Gasteiger partial charge in [-0.25, -0.2) is 18.3 Å². The molecular weight excluding hydrogens is 1260 g/mol. The Morgan fingerprint density at radius 1 is 0.232 bits per heavy atom. The van der Waals surface area contributed by atoms with Gasteiger partial charge in [-0.05, 0) is 107 Å². The van der Waals surface area contributed by atoms with E-state index in [0.29, 0.717) is 0 Å². The van der Waals surface area contributed by atoms with Crippen molar-refractivity contribution in [3.8, 4) is 44.5 Å². The van der Waals surface area contributed by atoms with Gasteiger partial charge < -0.3 is 67.9 Å². The number of aromatic nitrogens is 4. The van der Waals surface area contributed by atoms with E-state index in [1.54, 1.807) is 0 Å². The van der Waals surface area contributed by atoms with Gasteiger partial charge in [-0.15, -0.1) is 0 Å². The van der Waals surface area contributed by atoms with E-state index in [4.69, 9.17) is 0 Å². The Kier molecular flexibility index (Phi) is 29.3. The van der Waals surface area contributed by atoms with Crippen molar-refractivity contribution in [3.05, 3.63) is 252 Å². The second-order valence-electron chi connectivity index (χ2n) is 22.1. The van der Waals surface area contributed by atoms with Gasteiger partial charge in [-0.3, -0.25) is 0 Å². The third-order valence-electron chi connectivity index (χ3n) is 15.4. The summed E-state index contributed by atoms with van der Waals surface area (Å²) >= 11 is 0. The normalized spacial score (nSPS) is 10.8. The summed E-state index contributed by atoms with van der Waals surface area (Å²) in [4.78, 5) is 0. The Morgan fingerprint density at radius 2 is 0.439 bits per heavy atom. The Hall–Kier alpha value is -5.38. The average Bonchev–Trinajstić information content (AvgIpc) is 3.61. The number of aryl methyl sites for hydroxylation is 4. The summed E-state index contributed by atoms with van der Waals surface area (Å²) in [6.07, 6.45) is 37.2. The van der Waals surface area contributed by atoms with Gasteiger partial charge >= 0.3 is 0 Å². The Bertz CT molecular complexity index is 2860. The zero-order valence-electron chi connectivity index (χ0n) is 49.1. The minimum absolute atomic E-state index is 0. The number of rotatable bonds is 28. The lowest BCUT2D eigenvalue weighted by Gasteiger charge is -2.19. The smallest absolute Gasteiger partial charge is 0.176 e. The molecule has 0 atom stereocenters. The lowest BCUT2D eigenvalue weighted by Crippen LogP contribution is -3.00. The second kappa shape index (κ2) is 35.7. The van der Waals surface area contributed by atoms with Crippen LogP contribution in [-0.2, 0) is 51.9 Å². The molecule has 0 unspecified atom stereocenters. The van der Waals surface area contributed by atoms with Crippen molar-refractivity contribution in [1.82, 2.24) is 0 Å². The maximum atomic E-state index is 2.61. The van der Waals surface area contributed by atoms with Crippen LogP contribution in [-0.4, -0.2) is 0 Å². The minimum atomic E-state index is 0. The SMILES string of the molecule is CCCCC[n+]1cc(Cc2ccccc2)cc(-c2cc(-c3cc(Cc4ccccc4)c[n+](CCCCC)c3)c(-c3cc(Cc4ccccc4)c[n+](CCCCC)c3)cc2-c2cc(Cc3ccccc3)c[n+](CCCCC)c2)c1.[Br-].[Br-].[Br-].[Br-]. The van der Waals surface area contributed by atoms with Crippen LogP contribution in [0.1, 0.15) is 149 Å². The Labute approximate surface area is 534 Å². The van der Waals surface area contributed by atoms with Crippen LogP contribution < -0.4 is 86.2 Å². The highest BCUT2D eigenvalue weighted by atomic mass is 79.9. The lowest BCUT2D eigenvalue weighted by atomic mass is 9.85. The first-order valence-electron chi connectivity index (χ1n) is 29.9. The van der Waals surface area contributed by atoms with Gasteiger partial charge in [0.2, 0.25) is 0 Å². The average molecular weight is 1350 g/mol. The van der Waals surface area contributed by atoms with Gasteiger partial charge in [0.1, 0.15) is 26.2 Å². The first-order chi connectivity index (χ1) is 38.4. The van der Waals surface area contributed by atoms with Crippen LogP contribution in [0.2, 0.25) is 0 Å².